The third-order valence-electron chi connectivity index (χ3n) is 4.50. The normalized spacial score (nSPS) is 14.8. The zero-order valence-electron chi connectivity index (χ0n) is 16.8. The number of nitrogens with zero attached hydrogens (tertiary/aromatic N) is 2. The highest BCUT2D eigenvalue weighted by Gasteiger charge is 2.32. The summed E-state index contributed by atoms with van der Waals surface area (Å²) >= 11 is 0. The molecule has 0 saturated carbocycles. The van der Waals surface area contributed by atoms with Crippen molar-refractivity contribution in [1.82, 2.24) is 5.01 Å². The Morgan fingerprint density at radius 1 is 1.03 bits per heavy atom. The quantitative estimate of drug-likeness (QED) is 0.704. The second kappa shape index (κ2) is 8.60. The maximum atomic E-state index is 12.8. The molecule has 0 aromatic heterocycles. The first-order chi connectivity index (χ1) is 14.0. The number of carbonyl (C=O) groups is 2. The van der Waals surface area contributed by atoms with E-state index in [1.165, 1.54) is 21.3 Å². The van der Waals surface area contributed by atoms with Crippen molar-refractivity contribution >= 4 is 23.6 Å². The van der Waals surface area contributed by atoms with Crippen LogP contribution in [0.15, 0.2) is 53.1 Å². The van der Waals surface area contributed by atoms with Gasteiger partial charge in [0.1, 0.15) is 0 Å². The zero-order valence-corrected chi connectivity index (χ0v) is 16.8. The number of carbonyl (C=O) groups excluding carboxylic acids is 2. The van der Waals surface area contributed by atoms with Crippen molar-refractivity contribution in [1.29, 1.82) is 0 Å². The van der Waals surface area contributed by atoms with Crippen molar-refractivity contribution in [3.8, 4) is 17.2 Å². The molecule has 0 spiro atoms. The second-order valence-corrected chi connectivity index (χ2v) is 6.38. The number of rotatable bonds is 6. The molecule has 29 heavy (non-hydrogen) atoms. The number of hydrazone groups is 1. The molecule has 0 saturated heterocycles. The van der Waals surface area contributed by atoms with Crippen LogP contribution < -0.4 is 14.2 Å². The van der Waals surface area contributed by atoms with E-state index in [-0.39, 0.29) is 12.3 Å². The van der Waals surface area contributed by atoms with E-state index >= 15 is 0 Å². The zero-order chi connectivity index (χ0) is 21.0. The fraction of sp³-hybridized carbons (Fsp3) is 0.227. The van der Waals surface area contributed by atoms with Crippen LogP contribution in [-0.4, -0.2) is 43.9 Å². The number of benzene rings is 2. The number of ether oxygens (including phenoxy) is 3. The number of hydrogen-bond donors (Lipinski definition) is 0. The molecule has 0 atom stereocenters. The molecular formula is C22H22N2O5. The first-order valence-electron chi connectivity index (χ1n) is 8.97. The summed E-state index contributed by atoms with van der Waals surface area (Å²) in [6.45, 7) is 1.69. The van der Waals surface area contributed by atoms with Crippen molar-refractivity contribution in [2.75, 3.05) is 21.3 Å². The Morgan fingerprint density at radius 3 is 2.21 bits per heavy atom. The minimum absolute atomic E-state index is 0.0980. The largest absolute Gasteiger partial charge is 0.493 e. The van der Waals surface area contributed by atoms with Gasteiger partial charge in [0.25, 0.3) is 11.8 Å². The Hall–Kier alpha value is -3.61. The van der Waals surface area contributed by atoms with Gasteiger partial charge in [0.05, 0.1) is 39.0 Å². The number of imide groups is 1. The second-order valence-electron chi connectivity index (χ2n) is 6.38. The molecule has 0 fully saturated rings. The van der Waals surface area contributed by atoms with Gasteiger partial charge in [-0.05, 0) is 36.3 Å². The highest BCUT2D eigenvalue weighted by Crippen LogP contribution is 2.39. The van der Waals surface area contributed by atoms with Crippen LogP contribution in [0.5, 0.6) is 17.2 Å². The van der Waals surface area contributed by atoms with E-state index in [9.17, 15) is 9.59 Å². The number of methoxy groups -OCH3 is 3. The third kappa shape index (κ3) is 4.13. The molecule has 0 radical (unpaired) electrons. The lowest BCUT2D eigenvalue weighted by Crippen LogP contribution is -2.30. The summed E-state index contributed by atoms with van der Waals surface area (Å²) in [6.07, 6.45) is 1.75. The van der Waals surface area contributed by atoms with Gasteiger partial charge in [-0.15, -0.1) is 0 Å². The van der Waals surface area contributed by atoms with E-state index < -0.39 is 5.91 Å². The van der Waals surface area contributed by atoms with Crippen LogP contribution in [0.4, 0.5) is 0 Å². The SMILES string of the molecule is COc1cc(/C=C2\C(=O)N(C(=O)Cc3ccccc3)N=C2C)cc(OC)c1OC. The van der Waals surface area contributed by atoms with Gasteiger partial charge in [0.2, 0.25) is 5.75 Å². The van der Waals surface area contributed by atoms with E-state index in [4.69, 9.17) is 14.2 Å². The summed E-state index contributed by atoms with van der Waals surface area (Å²) in [5.74, 6) is 0.553. The molecule has 2 aromatic rings. The summed E-state index contributed by atoms with van der Waals surface area (Å²) < 4.78 is 16.0. The van der Waals surface area contributed by atoms with E-state index in [0.29, 0.717) is 34.1 Å². The van der Waals surface area contributed by atoms with Gasteiger partial charge in [0.15, 0.2) is 11.5 Å². The first kappa shape index (κ1) is 20.1. The molecule has 0 aliphatic carbocycles. The van der Waals surface area contributed by atoms with Crippen LogP contribution in [0.2, 0.25) is 0 Å². The molecule has 7 nitrogen and oxygen atoms in total. The Bertz CT molecular complexity index is 971. The van der Waals surface area contributed by atoms with Gasteiger partial charge >= 0.3 is 0 Å². The van der Waals surface area contributed by atoms with Gasteiger partial charge in [0, 0.05) is 0 Å². The summed E-state index contributed by atoms with van der Waals surface area (Å²) in [5, 5.41) is 5.08. The van der Waals surface area contributed by atoms with Crippen molar-refractivity contribution in [3.63, 3.8) is 0 Å². The summed E-state index contributed by atoms with van der Waals surface area (Å²) in [5.41, 5.74) is 2.28. The monoisotopic (exact) mass is 394 g/mol. The molecule has 3 rings (SSSR count). The fourth-order valence-corrected chi connectivity index (χ4v) is 3.05. The molecule has 1 aliphatic rings. The maximum absolute atomic E-state index is 12.8. The Morgan fingerprint density at radius 2 is 1.66 bits per heavy atom. The number of hydrogen-bond acceptors (Lipinski definition) is 6. The molecule has 1 aliphatic heterocycles. The van der Waals surface area contributed by atoms with Crippen molar-refractivity contribution < 1.29 is 23.8 Å². The highest BCUT2D eigenvalue weighted by molar-refractivity contribution is 6.29. The minimum Gasteiger partial charge on any atom is -0.493 e. The average molecular weight is 394 g/mol. The molecule has 0 N–H and O–H groups in total. The summed E-state index contributed by atoms with van der Waals surface area (Å²) in [7, 11) is 4.56. The molecule has 0 bridgehead atoms. The van der Waals surface area contributed by atoms with Crippen LogP contribution in [0.25, 0.3) is 6.08 Å². The van der Waals surface area contributed by atoms with E-state index in [2.05, 4.69) is 5.10 Å². The van der Waals surface area contributed by atoms with Gasteiger partial charge in [-0.2, -0.15) is 10.1 Å². The van der Waals surface area contributed by atoms with Crippen molar-refractivity contribution in [2.45, 2.75) is 13.3 Å². The molecule has 7 heteroatoms. The van der Waals surface area contributed by atoms with Crippen LogP contribution >= 0.6 is 0 Å². The van der Waals surface area contributed by atoms with Gasteiger partial charge in [-0.25, -0.2) is 0 Å². The van der Waals surface area contributed by atoms with E-state index in [0.717, 1.165) is 10.6 Å². The molecular weight excluding hydrogens is 372 g/mol. The predicted octanol–water partition coefficient (Wildman–Crippen LogP) is 3.08. The standard InChI is InChI=1S/C22H22N2O5/c1-14-17(10-16-11-18(27-2)21(29-4)19(12-16)28-3)22(26)24(23-14)20(25)13-15-8-6-5-7-9-15/h5-12H,13H2,1-4H3/b17-10-. The Labute approximate surface area is 169 Å². The van der Waals surface area contributed by atoms with Crippen LogP contribution in [-0.2, 0) is 16.0 Å². The topological polar surface area (TPSA) is 77.4 Å². The molecule has 150 valence electrons. The maximum Gasteiger partial charge on any atom is 0.283 e. The third-order valence-corrected chi connectivity index (χ3v) is 4.50. The summed E-state index contributed by atoms with van der Waals surface area (Å²) in [4.78, 5) is 25.4. The van der Waals surface area contributed by atoms with E-state index in [1.807, 2.05) is 30.3 Å². The van der Waals surface area contributed by atoms with Crippen molar-refractivity contribution in [2.24, 2.45) is 5.10 Å². The highest BCUT2D eigenvalue weighted by atomic mass is 16.5. The average Bonchev–Trinajstić information content (AvgIpc) is 3.02. The first-order valence-corrected chi connectivity index (χ1v) is 8.97. The lowest BCUT2D eigenvalue weighted by Gasteiger charge is -2.13. The predicted molar refractivity (Wildman–Crippen MR) is 109 cm³/mol. The van der Waals surface area contributed by atoms with Crippen LogP contribution in [0.1, 0.15) is 18.1 Å². The Balaban J connectivity index is 1.89. The number of amides is 2. The van der Waals surface area contributed by atoms with E-state index in [1.54, 1.807) is 25.1 Å². The molecule has 1 heterocycles. The lowest BCUT2D eigenvalue weighted by atomic mass is 10.1. The molecule has 2 amide bonds. The molecule has 0 unspecified atom stereocenters. The van der Waals surface area contributed by atoms with Gasteiger partial charge in [-0.3, -0.25) is 9.59 Å². The van der Waals surface area contributed by atoms with Gasteiger partial charge in [-0.1, -0.05) is 30.3 Å². The lowest BCUT2D eigenvalue weighted by molar-refractivity contribution is -0.141. The summed E-state index contributed by atoms with van der Waals surface area (Å²) in [6, 6.07) is 12.7. The van der Waals surface area contributed by atoms with Crippen molar-refractivity contribution in [3.05, 3.63) is 59.2 Å². The smallest absolute Gasteiger partial charge is 0.283 e. The van der Waals surface area contributed by atoms with Crippen LogP contribution in [0.3, 0.4) is 0 Å². The Kier molecular flexibility index (Phi) is 5.97. The molecule has 2 aromatic carbocycles. The van der Waals surface area contributed by atoms with Gasteiger partial charge < -0.3 is 14.2 Å². The van der Waals surface area contributed by atoms with Crippen LogP contribution in [0, 0.1) is 0 Å². The minimum atomic E-state index is -0.461. The fourth-order valence-electron chi connectivity index (χ4n) is 3.05.